The zero-order valence-electron chi connectivity index (χ0n) is 6.02. The van der Waals surface area contributed by atoms with E-state index in [-0.39, 0.29) is 0 Å². The molecule has 0 nitrogen and oxygen atoms in total. The number of allylic oxidation sites excluding steroid dienone is 4. The van der Waals surface area contributed by atoms with Crippen LogP contribution in [0.1, 0.15) is 0 Å². The standard InChI is InChI=1S/C6Cl5F3/c7-1-2(8)4(12)6(11,14)5(10,13)3(1)9. The topological polar surface area (TPSA) is 0 Å². The monoisotopic (exact) mass is 304 g/mol. The summed E-state index contributed by atoms with van der Waals surface area (Å²) in [6.45, 7) is 0. The highest BCUT2D eigenvalue weighted by Crippen LogP contribution is 2.56. The molecule has 0 fully saturated rings. The first-order valence-electron chi connectivity index (χ1n) is 3.01. The maximum Gasteiger partial charge on any atom is 0.289 e. The molecule has 80 valence electrons. The normalized spacial score (nSPS) is 39.4. The van der Waals surface area contributed by atoms with Crippen LogP contribution in [0.4, 0.5) is 13.2 Å². The molecule has 0 saturated heterocycles. The molecule has 0 aromatic rings. The number of halogens is 8. The fourth-order valence-electron chi connectivity index (χ4n) is 0.744. The molecule has 0 heterocycles. The van der Waals surface area contributed by atoms with Crippen LogP contribution in [0.2, 0.25) is 0 Å². The van der Waals surface area contributed by atoms with Gasteiger partial charge in [-0.3, -0.25) is 0 Å². The van der Waals surface area contributed by atoms with Crippen LogP contribution < -0.4 is 0 Å². The fraction of sp³-hybridized carbons (Fsp3) is 0.333. The van der Waals surface area contributed by atoms with E-state index >= 15 is 0 Å². The quantitative estimate of drug-likeness (QED) is 0.557. The number of rotatable bonds is 0. The Morgan fingerprint density at radius 1 is 0.857 bits per heavy atom. The van der Waals surface area contributed by atoms with E-state index in [4.69, 9.17) is 58.0 Å². The highest BCUT2D eigenvalue weighted by molar-refractivity contribution is 6.53. The Bertz CT molecular complexity index is 309. The van der Waals surface area contributed by atoms with Crippen molar-refractivity contribution in [2.45, 2.75) is 10.3 Å². The van der Waals surface area contributed by atoms with Crippen LogP contribution in [0.5, 0.6) is 0 Å². The predicted octanol–water partition coefficient (Wildman–Crippen LogP) is 4.92. The van der Waals surface area contributed by atoms with Gasteiger partial charge in [0.15, 0.2) is 5.83 Å². The number of hydrogen-bond donors (Lipinski definition) is 0. The third-order valence-corrected chi connectivity index (χ3v) is 3.97. The lowest BCUT2D eigenvalue weighted by atomic mass is 10.1. The fourth-order valence-corrected chi connectivity index (χ4v) is 1.97. The average Bonchev–Trinajstić information content (AvgIpc) is 2.10. The van der Waals surface area contributed by atoms with Gasteiger partial charge in [-0.05, 0) is 0 Å². The van der Waals surface area contributed by atoms with Gasteiger partial charge >= 0.3 is 0 Å². The van der Waals surface area contributed by atoms with Crippen molar-refractivity contribution in [2.24, 2.45) is 0 Å². The first-order chi connectivity index (χ1) is 6.14. The maximum absolute atomic E-state index is 13.4. The molecule has 1 aliphatic rings. The summed E-state index contributed by atoms with van der Waals surface area (Å²) in [5.74, 6) is -1.81. The second-order valence-corrected chi connectivity index (χ2v) is 4.58. The van der Waals surface area contributed by atoms with Gasteiger partial charge in [0.05, 0.1) is 15.1 Å². The molecule has 8 heteroatoms. The molecule has 2 unspecified atom stereocenters. The summed E-state index contributed by atoms with van der Waals surface area (Å²) in [6, 6.07) is 0. The van der Waals surface area contributed by atoms with Crippen LogP contribution >= 0.6 is 58.0 Å². The molecule has 0 aromatic carbocycles. The van der Waals surface area contributed by atoms with E-state index in [2.05, 4.69) is 0 Å². The molecule has 1 aliphatic carbocycles. The molecular weight excluding hydrogens is 306 g/mol. The molecule has 0 radical (unpaired) electrons. The summed E-state index contributed by atoms with van der Waals surface area (Å²) in [5.41, 5.74) is 0. The van der Waals surface area contributed by atoms with Gasteiger partial charge in [-0.15, -0.1) is 0 Å². The van der Waals surface area contributed by atoms with Gasteiger partial charge in [0, 0.05) is 0 Å². The van der Waals surface area contributed by atoms with Gasteiger partial charge in [0.2, 0.25) is 0 Å². The van der Waals surface area contributed by atoms with E-state index in [1.807, 2.05) is 0 Å². The summed E-state index contributed by atoms with van der Waals surface area (Å²) in [4.78, 5) is 0. The van der Waals surface area contributed by atoms with Gasteiger partial charge in [-0.2, -0.15) is 0 Å². The predicted molar refractivity (Wildman–Crippen MR) is 52.1 cm³/mol. The molecule has 0 saturated carbocycles. The lowest BCUT2D eigenvalue weighted by Gasteiger charge is -2.32. The van der Waals surface area contributed by atoms with Gasteiger partial charge in [0.25, 0.3) is 10.3 Å². The van der Waals surface area contributed by atoms with Crippen molar-refractivity contribution in [3.8, 4) is 0 Å². The first-order valence-corrected chi connectivity index (χ1v) is 4.90. The molecule has 0 N–H and O–H groups in total. The largest absolute Gasteiger partial charge is 0.289 e. The Morgan fingerprint density at radius 3 is 1.71 bits per heavy atom. The van der Waals surface area contributed by atoms with E-state index in [9.17, 15) is 13.2 Å². The van der Waals surface area contributed by atoms with E-state index < -0.39 is 31.2 Å². The van der Waals surface area contributed by atoms with Gasteiger partial charge in [-0.1, -0.05) is 58.0 Å². The van der Waals surface area contributed by atoms with E-state index in [1.165, 1.54) is 0 Å². The Morgan fingerprint density at radius 2 is 1.29 bits per heavy atom. The molecule has 14 heavy (non-hydrogen) atoms. The molecular formula is C6Cl5F3. The average molecular weight is 306 g/mol. The minimum Gasteiger partial charge on any atom is -0.214 e. The zero-order chi connectivity index (χ0) is 11.3. The van der Waals surface area contributed by atoms with Crippen molar-refractivity contribution in [2.75, 3.05) is 0 Å². The third-order valence-electron chi connectivity index (χ3n) is 1.52. The SMILES string of the molecule is FC1=C(Cl)C(Cl)=C(Cl)C(F)(Cl)C1(F)Cl. The molecule has 1 rings (SSSR count). The van der Waals surface area contributed by atoms with Gasteiger partial charge in [-0.25, -0.2) is 13.2 Å². The lowest BCUT2D eigenvalue weighted by molar-refractivity contribution is 0.131. The summed E-state index contributed by atoms with van der Waals surface area (Å²) in [5, 5.41) is -9.75. The zero-order valence-corrected chi connectivity index (χ0v) is 9.80. The molecule has 0 amide bonds. The van der Waals surface area contributed by atoms with E-state index in [0.29, 0.717) is 0 Å². The summed E-state index contributed by atoms with van der Waals surface area (Å²) in [6.07, 6.45) is 0. The van der Waals surface area contributed by atoms with Crippen molar-refractivity contribution in [3.05, 3.63) is 20.9 Å². The Kier molecular flexibility index (Phi) is 3.32. The van der Waals surface area contributed by atoms with Gasteiger partial charge < -0.3 is 0 Å². The lowest BCUT2D eigenvalue weighted by Crippen LogP contribution is -2.42. The third kappa shape index (κ3) is 1.54. The highest BCUT2D eigenvalue weighted by atomic mass is 35.5. The Labute approximate surface area is 102 Å². The maximum atomic E-state index is 13.4. The molecule has 0 aromatic heterocycles. The molecule has 0 bridgehead atoms. The minimum atomic E-state index is -3.67. The van der Waals surface area contributed by atoms with Crippen LogP contribution in [0.3, 0.4) is 0 Å². The van der Waals surface area contributed by atoms with Crippen molar-refractivity contribution in [3.63, 3.8) is 0 Å². The van der Waals surface area contributed by atoms with Crippen LogP contribution in [-0.4, -0.2) is 10.3 Å². The van der Waals surface area contributed by atoms with Crippen molar-refractivity contribution in [1.82, 2.24) is 0 Å². The van der Waals surface area contributed by atoms with E-state index in [1.54, 1.807) is 0 Å². The van der Waals surface area contributed by atoms with Crippen molar-refractivity contribution >= 4 is 58.0 Å². The number of hydrogen-bond acceptors (Lipinski definition) is 0. The Hall–Kier alpha value is 0.720. The van der Waals surface area contributed by atoms with Crippen molar-refractivity contribution in [1.29, 1.82) is 0 Å². The van der Waals surface area contributed by atoms with Crippen LogP contribution in [0, 0.1) is 0 Å². The van der Waals surface area contributed by atoms with Crippen molar-refractivity contribution < 1.29 is 13.2 Å². The van der Waals surface area contributed by atoms with Gasteiger partial charge in [0.1, 0.15) is 0 Å². The van der Waals surface area contributed by atoms with Crippen LogP contribution in [0.25, 0.3) is 0 Å². The molecule has 2 atom stereocenters. The molecule has 0 spiro atoms. The molecule has 0 aliphatic heterocycles. The van der Waals surface area contributed by atoms with Crippen LogP contribution in [0.15, 0.2) is 20.9 Å². The second-order valence-electron chi connectivity index (χ2n) is 2.40. The summed E-state index contributed by atoms with van der Waals surface area (Å²) >= 11 is 25.6. The second kappa shape index (κ2) is 3.63. The van der Waals surface area contributed by atoms with E-state index in [0.717, 1.165) is 0 Å². The highest BCUT2D eigenvalue weighted by Gasteiger charge is 2.61. The first kappa shape index (κ1) is 12.8. The summed E-state index contributed by atoms with van der Waals surface area (Å²) < 4.78 is 39.7. The Balaban J connectivity index is 3.48. The summed E-state index contributed by atoms with van der Waals surface area (Å²) in [7, 11) is 0. The van der Waals surface area contributed by atoms with Crippen LogP contribution in [-0.2, 0) is 0 Å². The smallest absolute Gasteiger partial charge is 0.214 e. The number of alkyl halides is 4. The minimum absolute atomic E-state index is 0.711.